The first-order chi connectivity index (χ1) is 19.8. The molecule has 5 rings (SSSR count). The van der Waals surface area contributed by atoms with Crippen LogP contribution in [0, 0.1) is 5.82 Å². The largest absolute Gasteiger partial charge is 0.394 e. The quantitative estimate of drug-likeness (QED) is 0.299. The summed E-state index contributed by atoms with van der Waals surface area (Å²) in [7, 11) is 1.63. The number of amides is 2. The number of hydrogen-bond acceptors (Lipinski definition) is 9. The number of nitrogens with zero attached hydrogens (tertiary/aromatic N) is 4. The number of halogens is 2. The van der Waals surface area contributed by atoms with Crippen LogP contribution in [-0.2, 0) is 16.1 Å². The van der Waals surface area contributed by atoms with E-state index in [1.807, 2.05) is 12.1 Å². The Morgan fingerprint density at radius 2 is 2.02 bits per heavy atom. The average Bonchev–Trinajstić information content (AvgIpc) is 3.32. The van der Waals surface area contributed by atoms with E-state index in [1.165, 1.54) is 17.2 Å². The third-order valence-electron chi connectivity index (χ3n) is 7.38. The monoisotopic (exact) mass is 583 g/mol. The van der Waals surface area contributed by atoms with E-state index in [0.717, 1.165) is 24.6 Å². The van der Waals surface area contributed by atoms with Crippen LogP contribution in [0.25, 0.3) is 11.3 Å². The first-order valence-corrected chi connectivity index (χ1v) is 13.7. The fraction of sp³-hybridized carbons (Fsp3) is 0.393. The van der Waals surface area contributed by atoms with Crippen molar-refractivity contribution in [3.05, 3.63) is 64.2 Å². The van der Waals surface area contributed by atoms with E-state index in [4.69, 9.17) is 16.3 Å². The van der Waals surface area contributed by atoms with Crippen LogP contribution >= 0.6 is 11.6 Å². The number of hydrogen-bond donors (Lipinski definition) is 4. The molecule has 0 saturated carbocycles. The van der Waals surface area contributed by atoms with Crippen molar-refractivity contribution >= 4 is 35.2 Å². The summed E-state index contributed by atoms with van der Waals surface area (Å²) in [6.45, 7) is 2.62. The highest BCUT2D eigenvalue weighted by molar-refractivity contribution is 6.33. The minimum Gasteiger partial charge on any atom is -0.394 e. The van der Waals surface area contributed by atoms with Gasteiger partial charge in [-0.25, -0.2) is 19.3 Å². The molecule has 0 unspecified atom stereocenters. The van der Waals surface area contributed by atoms with Crippen molar-refractivity contribution in [2.75, 3.05) is 37.5 Å². The number of carbonyl (C=O) groups excluding carboxylic acids is 2. The van der Waals surface area contributed by atoms with Crippen LogP contribution in [0.4, 0.5) is 16.2 Å². The molecule has 2 amide bonds. The second-order valence-electron chi connectivity index (χ2n) is 9.99. The number of aliphatic hydroxyl groups is 1. The van der Waals surface area contributed by atoms with Crippen molar-refractivity contribution in [2.24, 2.45) is 0 Å². The van der Waals surface area contributed by atoms with Gasteiger partial charge in [-0.05, 0) is 37.5 Å². The summed E-state index contributed by atoms with van der Waals surface area (Å²) in [5.41, 5.74) is 2.41. The van der Waals surface area contributed by atoms with Crippen LogP contribution in [-0.4, -0.2) is 75.7 Å². The molecule has 2 aromatic heterocycles. The number of aromatic nitrogens is 3. The van der Waals surface area contributed by atoms with Crippen LogP contribution in [0.2, 0.25) is 5.02 Å². The van der Waals surface area contributed by atoms with Crippen molar-refractivity contribution in [2.45, 2.75) is 44.4 Å². The van der Waals surface area contributed by atoms with Gasteiger partial charge in [-0.3, -0.25) is 9.59 Å². The molecule has 2 aliphatic heterocycles. The maximum atomic E-state index is 14.4. The maximum Gasteiger partial charge on any atom is 0.255 e. The molecule has 0 bridgehead atoms. The van der Waals surface area contributed by atoms with Gasteiger partial charge < -0.3 is 30.7 Å². The molecule has 41 heavy (non-hydrogen) atoms. The second-order valence-corrected chi connectivity index (χ2v) is 10.4. The second kappa shape index (κ2) is 12.3. The molecule has 0 aliphatic carbocycles. The maximum absolute atomic E-state index is 14.4. The number of aliphatic hydroxyl groups excluding tert-OH is 1. The lowest BCUT2D eigenvalue weighted by molar-refractivity contribution is -0.126. The first-order valence-electron chi connectivity index (χ1n) is 13.3. The summed E-state index contributed by atoms with van der Waals surface area (Å²) >= 11 is 6.45. The van der Waals surface area contributed by atoms with Crippen LogP contribution in [0.15, 0.2) is 36.7 Å². The third kappa shape index (κ3) is 6.09. The number of anilines is 2. The summed E-state index contributed by atoms with van der Waals surface area (Å²) in [5.74, 6) is -0.694. The molecule has 4 heterocycles. The van der Waals surface area contributed by atoms with E-state index in [2.05, 4.69) is 30.9 Å². The Bertz CT molecular complexity index is 1450. The number of ether oxygens (including phenoxy) is 1. The Kier molecular flexibility index (Phi) is 8.62. The van der Waals surface area contributed by atoms with Crippen LogP contribution in [0.5, 0.6) is 0 Å². The summed E-state index contributed by atoms with van der Waals surface area (Å²) in [4.78, 5) is 40.8. The van der Waals surface area contributed by atoms with Gasteiger partial charge in [0.25, 0.3) is 5.91 Å². The molecule has 0 radical (unpaired) electrons. The van der Waals surface area contributed by atoms with E-state index in [0.29, 0.717) is 46.8 Å². The van der Waals surface area contributed by atoms with E-state index in [9.17, 15) is 19.1 Å². The Labute approximate surface area is 241 Å². The van der Waals surface area contributed by atoms with Crippen LogP contribution in [0.3, 0.4) is 0 Å². The summed E-state index contributed by atoms with van der Waals surface area (Å²) in [6.07, 6.45) is 4.25. The number of pyridine rings is 1. The molecule has 1 saturated heterocycles. The molecule has 11 nitrogen and oxygen atoms in total. The van der Waals surface area contributed by atoms with Gasteiger partial charge in [0.05, 0.1) is 35.8 Å². The fourth-order valence-electron chi connectivity index (χ4n) is 4.96. The van der Waals surface area contributed by atoms with Gasteiger partial charge in [0.2, 0.25) is 11.9 Å². The topological polar surface area (TPSA) is 142 Å². The zero-order valence-electron chi connectivity index (χ0n) is 22.7. The number of fused-ring (bicyclic) bond motifs is 1. The minimum absolute atomic E-state index is 0.0838. The third-order valence-corrected chi connectivity index (χ3v) is 7.65. The highest BCUT2D eigenvalue weighted by atomic mass is 35.5. The van der Waals surface area contributed by atoms with Crippen LogP contribution < -0.4 is 16.0 Å². The van der Waals surface area contributed by atoms with Crippen molar-refractivity contribution in [1.29, 1.82) is 0 Å². The molecule has 3 aromatic rings. The molecule has 216 valence electrons. The lowest BCUT2D eigenvalue weighted by atomic mass is 10.0. The summed E-state index contributed by atoms with van der Waals surface area (Å²) in [5, 5.41) is 19.0. The van der Waals surface area contributed by atoms with Crippen LogP contribution in [0.1, 0.15) is 47.3 Å². The smallest absolute Gasteiger partial charge is 0.255 e. The first kappa shape index (κ1) is 28.7. The Morgan fingerprint density at radius 1 is 1.24 bits per heavy atom. The number of carbonyl (C=O) groups is 2. The zero-order valence-corrected chi connectivity index (χ0v) is 23.4. The van der Waals surface area contributed by atoms with E-state index in [1.54, 1.807) is 20.0 Å². The molecule has 0 spiro atoms. The number of benzene rings is 1. The van der Waals surface area contributed by atoms with Gasteiger partial charge in [0.15, 0.2) is 0 Å². The van der Waals surface area contributed by atoms with E-state index in [-0.39, 0.29) is 24.1 Å². The van der Waals surface area contributed by atoms with Gasteiger partial charge in [-0.15, -0.1) is 0 Å². The Hall–Kier alpha value is -3.87. The molecule has 13 heteroatoms. The predicted molar refractivity (Wildman–Crippen MR) is 151 cm³/mol. The molecule has 1 fully saturated rings. The minimum atomic E-state index is -1.02. The highest BCUT2D eigenvalue weighted by Crippen LogP contribution is 2.32. The highest BCUT2D eigenvalue weighted by Gasteiger charge is 2.35. The molecule has 2 aliphatic rings. The van der Waals surface area contributed by atoms with E-state index < -0.39 is 30.4 Å². The van der Waals surface area contributed by atoms with Crippen molar-refractivity contribution in [3.8, 4) is 11.3 Å². The number of nitrogens with one attached hydrogen (secondary N) is 3. The van der Waals surface area contributed by atoms with Crippen molar-refractivity contribution < 1.29 is 23.8 Å². The molecule has 4 N–H and O–H groups in total. The molecular weight excluding hydrogens is 553 g/mol. The molecular formula is C28H31ClFN7O4. The SMILES string of the molecule is CNc1cc([C@@H](CO)NC(=O)[C@@H](C)N2Cc3ccc(-c4nc(NC5CCOCC5)ncc4Cl)cc3C2=O)c(F)cn1. The lowest BCUT2D eigenvalue weighted by Gasteiger charge is -2.26. The van der Waals surface area contributed by atoms with Crippen molar-refractivity contribution in [3.63, 3.8) is 0 Å². The normalized spacial score (nSPS) is 16.7. The Morgan fingerprint density at radius 3 is 2.76 bits per heavy atom. The van der Waals surface area contributed by atoms with Gasteiger partial charge in [0.1, 0.15) is 17.7 Å². The molecule has 2 atom stereocenters. The standard InChI is InChI=1S/C28H31ClFN7O4/c1-15(26(39)35-23(14-38)20-10-24(31-2)32-12-22(20)30)37-13-17-4-3-16(9-19(17)27(37)40)25-21(29)11-33-28(36-25)34-18-5-7-41-8-6-18/h3-4,9-12,15,18,23,38H,5-8,13-14H2,1-2H3,(H,31,32)(H,35,39)(H,33,34,36)/t15-,23-/m1/s1. The van der Waals surface area contributed by atoms with Gasteiger partial charge in [-0.2, -0.15) is 0 Å². The Balaban J connectivity index is 1.31. The average molecular weight is 584 g/mol. The molecule has 1 aromatic carbocycles. The summed E-state index contributed by atoms with van der Waals surface area (Å²) < 4.78 is 19.8. The van der Waals surface area contributed by atoms with Gasteiger partial charge >= 0.3 is 0 Å². The number of rotatable bonds is 9. The fourth-order valence-corrected chi connectivity index (χ4v) is 5.16. The van der Waals surface area contributed by atoms with Gasteiger partial charge in [0, 0.05) is 49.5 Å². The van der Waals surface area contributed by atoms with Gasteiger partial charge in [-0.1, -0.05) is 23.7 Å². The predicted octanol–water partition coefficient (Wildman–Crippen LogP) is 3.16. The van der Waals surface area contributed by atoms with Crippen molar-refractivity contribution in [1.82, 2.24) is 25.2 Å². The zero-order chi connectivity index (χ0) is 29.1. The summed E-state index contributed by atoms with van der Waals surface area (Å²) in [6, 6.07) is 5.08. The van der Waals surface area contributed by atoms with E-state index >= 15 is 0 Å². The lowest BCUT2D eigenvalue weighted by Crippen LogP contribution is -2.47.